The van der Waals surface area contributed by atoms with Crippen LogP contribution >= 0.6 is 11.6 Å². The van der Waals surface area contributed by atoms with E-state index in [2.05, 4.69) is 20.2 Å². The quantitative estimate of drug-likeness (QED) is 0.286. The monoisotopic (exact) mass is 400 g/mol. The van der Waals surface area contributed by atoms with Crippen LogP contribution in [-0.4, -0.2) is 29.2 Å². The summed E-state index contributed by atoms with van der Waals surface area (Å²) in [6.45, 7) is 0. The molecule has 0 saturated heterocycles. The first-order valence-electron chi connectivity index (χ1n) is 7.85. The molecule has 0 saturated carbocycles. The molecule has 0 aliphatic carbocycles. The number of benzene rings is 1. The molecular weight excluding hydrogens is 388 g/mol. The van der Waals surface area contributed by atoms with Crippen LogP contribution in [0.1, 0.15) is 16.1 Å². The van der Waals surface area contributed by atoms with Crippen LogP contribution in [0.15, 0.2) is 58.2 Å². The summed E-state index contributed by atoms with van der Waals surface area (Å²) in [5.74, 6) is 0.819. The first kappa shape index (κ1) is 19.1. The molecule has 3 aromatic rings. The molecule has 28 heavy (non-hydrogen) atoms. The lowest BCUT2D eigenvalue weighted by Crippen LogP contribution is -2.01. The summed E-state index contributed by atoms with van der Waals surface area (Å²) in [5, 5.41) is 14.8. The van der Waals surface area contributed by atoms with Gasteiger partial charge in [-0.1, -0.05) is 17.7 Å². The number of nitrogens with zero attached hydrogens (tertiary/aromatic N) is 3. The van der Waals surface area contributed by atoms with Crippen LogP contribution < -0.4 is 5.43 Å². The van der Waals surface area contributed by atoms with E-state index in [-0.39, 0.29) is 16.3 Å². The van der Waals surface area contributed by atoms with E-state index in [9.17, 15) is 14.9 Å². The molecule has 3 rings (SSSR count). The van der Waals surface area contributed by atoms with E-state index in [1.807, 2.05) is 0 Å². The normalized spacial score (nSPS) is 10.8. The molecule has 0 aliphatic rings. The number of hydrazone groups is 1. The van der Waals surface area contributed by atoms with E-state index >= 15 is 0 Å². The van der Waals surface area contributed by atoms with Gasteiger partial charge in [0.05, 0.1) is 28.8 Å². The maximum Gasteiger partial charge on any atom is 0.339 e. The Hall–Kier alpha value is -3.72. The number of rotatable bonds is 6. The van der Waals surface area contributed by atoms with Crippen molar-refractivity contribution in [3.63, 3.8) is 0 Å². The number of aromatic nitrogens is 1. The van der Waals surface area contributed by atoms with E-state index in [4.69, 9.17) is 16.0 Å². The molecule has 1 aromatic carbocycles. The summed E-state index contributed by atoms with van der Waals surface area (Å²) in [6.07, 6.45) is 2.56. The number of methoxy groups -OCH3 is 1. The van der Waals surface area contributed by atoms with Crippen molar-refractivity contribution in [2.24, 2.45) is 5.10 Å². The number of hydrogen-bond acceptors (Lipinski definition) is 8. The Balaban J connectivity index is 1.68. The minimum absolute atomic E-state index is 0.109. The highest BCUT2D eigenvalue weighted by Gasteiger charge is 2.13. The number of furan rings is 1. The Morgan fingerprint density at radius 2 is 2.14 bits per heavy atom. The third-order valence-corrected chi connectivity index (χ3v) is 3.93. The zero-order valence-corrected chi connectivity index (χ0v) is 15.2. The fraction of sp³-hybridized carbons (Fsp3) is 0.0556. The molecule has 0 atom stereocenters. The average molecular weight is 401 g/mol. The van der Waals surface area contributed by atoms with Crippen LogP contribution in [0.4, 0.5) is 11.5 Å². The van der Waals surface area contributed by atoms with Crippen LogP contribution in [0.25, 0.3) is 11.3 Å². The van der Waals surface area contributed by atoms with Gasteiger partial charge in [-0.05, 0) is 30.3 Å². The van der Waals surface area contributed by atoms with Crippen molar-refractivity contribution in [2.45, 2.75) is 0 Å². The van der Waals surface area contributed by atoms with Gasteiger partial charge < -0.3 is 9.15 Å². The number of pyridine rings is 1. The highest BCUT2D eigenvalue weighted by atomic mass is 35.5. The molecule has 9 nitrogen and oxygen atoms in total. The number of ether oxygens (including phenoxy) is 1. The Bertz CT molecular complexity index is 1050. The van der Waals surface area contributed by atoms with Crippen molar-refractivity contribution < 1.29 is 18.9 Å². The minimum Gasteiger partial charge on any atom is -0.465 e. The molecule has 0 amide bonds. The highest BCUT2D eigenvalue weighted by molar-refractivity contribution is 6.33. The summed E-state index contributed by atoms with van der Waals surface area (Å²) < 4.78 is 10.3. The fourth-order valence-corrected chi connectivity index (χ4v) is 2.50. The Morgan fingerprint density at radius 3 is 2.79 bits per heavy atom. The van der Waals surface area contributed by atoms with Crippen LogP contribution in [0.3, 0.4) is 0 Å². The molecular formula is C18H13ClN4O5. The second kappa shape index (κ2) is 8.31. The number of esters is 1. The van der Waals surface area contributed by atoms with Gasteiger partial charge in [-0.25, -0.2) is 9.78 Å². The summed E-state index contributed by atoms with van der Waals surface area (Å²) in [4.78, 5) is 25.5. The van der Waals surface area contributed by atoms with Gasteiger partial charge in [0, 0.05) is 11.6 Å². The predicted molar refractivity (Wildman–Crippen MR) is 103 cm³/mol. The SMILES string of the molecule is COC(=O)c1ccc(-c2ccc(/C=N/Nc3ccc([N+](=O)[O-])cn3)o2)cc1Cl. The van der Waals surface area contributed by atoms with Gasteiger partial charge in [-0.3, -0.25) is 15.5 Å². The molecule has 10 heteroatoms. The molecule has 0 radical (unpaired) electrons. The Labute approximate surface area is 163 Å². The number of carbonyl (C=O) groups excluding carboxylic acids is 1. The molecule has 1 N–H and O–H groups in total. The summed E-state index contributed by atoms with van der Waals surface area (Å²) in [7, 11) is 1.28. The maximum absolute atomic E-state index is 11.6. The lowest BCUT2D eigenvalue weighted by Gasteiger charge is -2.04. The second-order valence-corrected chi connectivity index (χ2v) is 5.82. The zero-order chi connectivity index (χ0) is 20.1. The van der Waals surface area contributed by atoms with E-state index in [1.54, 1.807) is 30.3 Å². The van der Waals surface area contributed by atoms with Crippen molar-refractivity contribution in [1.29, 1.82) is 0 Å². The fourth-order valence-electron chi connectivity index (χ4n) is 2.24. The van der Waals surface area contributed by atoms with Gasteiger partial charge in [0.1, 0.15) is 23.5 Å². The highest BCUT2D eigenvalue weighted by Crippen LogP contribution is 2.27. The van der Waals surface area contributed by atoms with Crippen molar-refractivity contribution in [3.05, 3.63) is 75.1 Å². The molecule has 0 bridgehead atoms. The van der Waals surface area contributed by atoms with Gasteiger partial charge in [0.15, 0.2) is 0 Å². The predicted octanol–water partition coefficient (Wildman–Crippen LogP) is 4.14. The molecule has 0 unspecified atom stereocenters. The van der Waals surface area contributed by atoms with Gasteiger partial charge in [0.25, 0.3) is 5.69 Å². The Morgan fingerprint density at radius 1 is 1.32 bits per heavy atom. The van der Waals surface area contributed by atoms with Gasteiger partial charge >= 0.3 is 5.97 Å². The van der Waals surface area contributed by atoms with Crippen molar-refractivity contribution >= 4 is 35.3 Å². The number of hydrogen-bond donors (Lipinski definition) is 1. The lowest BCUT2D eigenvalue weighted by atomic mass is 10.1. The molecule has 0 aliphatic heterocycles. The largest absolute Gasteiger partial charge is 0.465 e. The van der Waals surface area contributed by atoms with Crippen molar-refractivity contribution in [2.75, 3.05) is 12.5 Å². The maximum atomic E-state index is 11.6. The summed E-state index contributed by atoms with van der Waals surface area (Å²) in [6, 6.07) is 11.0. The third kappa shape index (κ3) is 4.33. The number of nitro groups is 1. The van der Waals surface area contributed by atoms with E-state index in [0.717, 1.165) is 6.20 Å². The first-order chi connectivity index (χ1) is 13.5. The topological polar surface area (TPSA) is 120 Å². The lowest BCUT2D eigenvalue weighted by molar-refractivity contribution is -0.385. The zero-order valence-electron chi connectivity index (χ0n) is 14.5. The molecule has 2 aromatic heterocycles. The summed E-state index contributed by atoms with van der Waals surface area (Å²) >= 11 is 6.11. The number of carbonyl (C=O) groups is 1. The minimum atomic E-state index is -0.533. The third-order valence-electron chi connectivity index (χ3n) is 3.62. The van der Waals surface area contributed by atoms with Crippen LogP contribution in [0.5, 0.6) is 0 Å². The molecule has 142 valence electrons. The smallest absolute Gasteiger partial charge is 0.339 e. The first-order valence-corrected chi connectivity index (χ1v) is 8.23. The van der Waals surface area contributed by atoms with Gasteiger partial charge in [-0.2, -0.15) is 5.10 Å². The number of halogens is 1. The second-order valence-electron chi connectivity index (χ2n) is 5.42. The van der Waals surface area contributed by atoms with Crippen molar-refractivity contribution in [3.8, 4) is 11.3 Å². The summed E-state index contributed by atoms with van der Waals surface area (Å²) in [5.41, 5.74) is 3.49. The standard InChI is InChI=1S/C18H13ClN4O5/c1-27-18(24)14-5-2-11(8-15(14)19)16-6-4-13(28-16)10-21-22-17-7-3-12(9-20-17)23(25)26/h2-10H,1H3,(H,20,22)/b21-10+. The Kier molecular flexibility index (Phi) is 5.66. The van der Waals surface area contributed by atoms with Crippen LogP contribution in [-0.2, 0) is 4.74 Å². The van der Waals surface area contributed by atoms with E-state index < -0.39 is 10.9 Å². The molecule has 0 fully saturated rings. The van der Waals surface area contributed by atoms with Gasteiger partial charge in [0.2, 0.25) is 0 Å². The van der Waals surface area contributed by atoms with E-state index in [0.29, 0.717) is 22.9 Å². The molecule has 2 heterocycles. The van der Waals surface area contributed by atoms with E-state index in [1.165, 1.54) is 25.5 Å². The average Bonchev–Trinajstić information content (AvgIpc) is 3.16. The van der Waals surface area contributed by atoms with Gasteiger partial charge in [-0.15, -0.1) is 0 Å². The van der Waals surface area contributed by atoms with Crippen molar-refractivity contribution in [1.82, 2.24) is 4.98 Å². The number of anilines is 1. The molecule has 0 spiro atoms. The van der Waals surface area contributed by atoms with Crippen LogP contribution in [0, 0.1) is 10.1 Å². The van der Waals surface area contributed by atoms with Crippen LogP contribution in [0.2, 0.25) is 5.02 Å². The number of nitrogens with one attached hydrogen (secondary N) is 1.